The van der Waals surface area contributed by atoms with Crippen LogP contribution in [0.4, 0.5) is 4.39 Å². The first-order valence-corrected chi connectivity index (χ1v) is 14.0. The monoisotopic (exact) mass is 536 g/mol. The van der Waals surface area contributed by atoms with Gasteiger partial charge in [-0.3, -0.25) is 9.59 Å². The highest BCUT2D eigenvalue weighted by molar-refractivity contribution is 7.10. The molecule has 1 saturated heterocycles. The van der Waals surface area contributed by atoms with Gasteiger partial charge in [0.2, 0.25) is 5.91 Å². The van der Waals surface area contributed by atoms with E-state index >= 15 is 0 Å². The highest BCUT2D eigenvalue weighted by atomic mass is 32.1. The Kier molecular flexibility index (Phi) is 8.09. The average Bonchev–Trinajstić information content (AvgIpc) is 3.60. The number of nitrogens with zero attached hydrogens (tertiary/aromatic N) is 2. The molecule has 8 heteroatoms. The lowest BCUT2D eigenvalue weighted by Gasteiger charge is -2.37. The van der Waals surface area contributed by atoms with Crippen LogP contribution in [0.15, 0.2) is 53.9 Å². The van der Waals surface area contributed by atoms with Gasteiger partial charge < -0.3 is 19.3 Å². The summed E-state index contributed by atoms with van der Waals surface area (Å²) in [7, 11) is 0. The number of hydrogen-bond donors (Lipinski definition) is 0. The van der Waals surface area contributed by atoms with E-state index in [1.54, 1.807) is 23.5 Å². The lowest BCUT2D eigenvalue weighted by Crippen LogP contribution is -2.49. The van der Waals surface area contributed by atoms with Gasteiger partial charge in [0.25, 0.3) is 5.91 Å². The summed E-state index contributed by atoms with van der Waals surface area (Å²) in [6.45, 7) is 5.64. The second-order valence-electron chi connectivity index (χ2n) is 10.0. The predicted octanol–water partition coefficient (Wildman–Crippen LogP) is 5.33. The molecule has 0 spiro atoms. The van der Waals surface area contributed by atoms with Gasteiger partial charge in [0.15, 0.2) is 0 Å². The molecule has 0 unspecified atom stereocenters. The van der Waals surface area contributed by atoms with Crippen molar-refractivity contribution in [1.82, 2.24) is 9.80 Å². The van der Waals surface area contributed by atoms with E-state index in [2.05, 4.69) is 12.1 Å². The smallest absolute Gasteiger partial charge is 0.257 e. The van der Waals surface area contributed by atoms with E-state index in [-0.39, 0.29) is 36.7 Å². The van der Waals surface area contributed by atoms with E-state index in [1.807, 2.05) is 36.3 Å². The first-order chi connectivity index (χ1) is 18.4. The lowest BCUT2D eigenvalue weighted by atomic mass is 10.00. The van der Waals surface area contributed by atoms with E-state index in [4.69, 9.17) is 9.47 Å². The highest BCUT2D eigenvalue weighted by Crippen LogP contribution is 2.34. The molecular weight excluding hydrogens is 503 g/mol. The molecule has 0 radical (unpaired) electrons. The van der Waals surface area contributed by atoms with Gasteiger partial charge in [-0.15, -0.1) is 11.3 Å². The minimum absolute atomic E-state index is 0.0354. The number of benzene rings is 2. The van der Waals surface area contributed by atoms with Crippen LogP contribution in [0, 0.1) is 19.7 Å². The number of ether oxygens (including phenoxy) is 2. The molecule has 1 aromatic heterocycles. The van der Waals surface area contributed by atoms with E-state index in [1.165, 1.54) is 21.9 Å². The van der Waals surface area contributed by atoms with Gasteiger partial charge in [-0.1, -0.05) is 29.8 Å². The van der Waals surface area contributed by atoms with Crippen molar-refractivity contribution in [2.75, 3.05) is 32.8 Å². The van der Waals surface area contributed by atoms with Gasteiger partial charge in [0, 0.05) is 24.6 Å². The van der Waals surface area contributed by atoms with Crippen molar-refractivity contribution in [2.24, 2.45) is 0 Å². The van der Waals surface area contributed by atoms with E-state index in [0.717, 1.165) is 41.7 Å². The summed E-state index contributed by atoms with van der Waals surface area (Å²) < 4.78 is 26.5. The molecule has 1 fully saturated rings. The Hall–Kier alpha value is -3.23. The van der Waals surface area contributed by atoms with Crippen molar-refractivity contribution in [3.05, 3.63) is 86.9 Å². The largest absolute Gasteiger partial charge is 0.491 e. The number of amides is 2. The van der Waals surface area contributed by atoms with E-state index in [0.29, 0.717) is 19.8 Å². The molecule has 5 rings (SSSR count). The van der Waals surface area contributed by atoms with Crippen LogP contribution in [-0.2, 0) is 16.0 Å². The minimum Gasteiger partial charge on any atom is -0.491 e. The number of hydrogen-bond acceptors (Lipinski definition) is 5. The molecule has 2 aliphatic heterocycles. The van der Waals surface area contributed by atoms with Crippen LogP contribution in [0.2, 0.25) is 0 Å². The van der Waals surface area contributed by atoms with Gasteiger partial charge in [0.05, 0.1) is 17.7 Å². The van der Waals surface area contributed by atoms with Gasteiger partial charge >= 0.3 is 0 Å². The Labute approximate surface area is 227 Å². The Morgan fingerprint density at radius 1 is 1.18 bits per heavy atom. The van der Waals surface area contributed by atoms with Gasteiger partial charge in [-0.05, 0) is 73.9 Å². The van der Waals surface area contributed by atoms with Crippen LogP contribution in [0.3, 0.4) is 0 Å². The number of rotatable bonds is 8. The number of fused-ring (bicyclic) bond motifs is 1. The molecule has 0 saturated carbocycles. The van der Waals surface area contributed by atoms with E-state index < -0.39 is 11.7 Å². The van der Waals surface area contributed by atoms with Crippen molar-refractivity contribution in [1.29, 1.82) is 0 Å². The Bertz CT molecular complexity index is 1300. The fraction of sp³-hybridized carbons (Fsp3) is 0.400. The average molecular weight is 537 g/mol. The quantitative estimate of drug-likeness (QED) is 0.391. The second-order valence-corrected chi connectivity index (χ2v) is 11.0. The van der Waals surface area contributed by atoms with Crippen molar-refractivity contribution in [2.45, 2.75) is 45.3 Å². The Balaban J connectivity index is 1.37. The third-order valence-electron chi connectivity index (χ3n) is 7.31. The zero-order valence-corrected chi connectivity index (χ0v) is 22.6. The molecule has 0 bridgehead atoms. The number of carbonyl (C=O) groups excluding carboxylic acids is 2. The summed E-state index contributed by atoms with van der Waals surface area (Å²) >= 11 is 1.69. The topological polar surface area (TPSA) is 59.1 Å². The van der Waals surface area contributed by atoms with Gasteiger partial charge in [0.1, 0.15) is 24.7 Å². The second kappa shape index (κ2) is 11.7. The molecule has 200 valence electrons. The van der Waals surface area contributed by atoms with Crippen LogP contribution in [0.25, 0.3) is 0 Å². The van der Waals surface area contributed by atoms with Gasteiger partial charge in [-0.2, -0.15) is 0 Å². The molecule has 2 amide bonds. The summed E-state index contributed by atoms with van der Waals surface area (Å²) in [6, 6.07) is 13.7. The lowest BCUT2D eigenvalue weighted by molar-refractivity contribution is -0.135. The van der Waals surface area contributed by atoms with Crippen LogP contribution in [0.1, 0.15) is 50.8 Å². The van der Waals surface area contributed by atoms with Gasteiger partial charge in [-0.25, -0.2) is 4.39 Å². The third-order valence-corrected chi connectivity index (χ3v) is 8.30. The maximum absolute atomic E-state index is 14.5. The Morgan fingerprint density at radius 3 is 2.79 bits per heavy atom. The Morgan fingerprint density at radius 2 is 2.03 bits per heavy atom. The van der Waals surface area contributed by atoms with Crippen LogP contribution >= 0.6 is 11.3 Å². The number of aryl methyl sites for hydroxylation is 2. The molecular formula is C30H33FN2O4S. The summed E-state index contributed by atoms with van der Waals surface area (Å²) in [5, 5.41) is 2.05. The number of carbonyl (C=O) groups is 2. The van der Waals surface area contributed by atoms with Crippen LogP contribution in [0.5, 0.6) is 5.75 Å². The molecule has 2 atom stereocenters. The molecule has 2 aromatic carbocycles. The predicted molar refractivity (Wildman–Crippen MR) is 145 cm³/mol. The number of thiophene rings is 1. The first-order valence-electron chi connectivity index (χ1n) is 13.1. The van der Waals surface area contributed by atoms with Crippen molar-refractivity contribution in [3.8, 4) is 5.75 Å². The highest BCUT2D eigenvalue weighted by Gasteiger charge is 2.35. The maximum atomic E-state index is 14.5. The molecule has 2 aliphatic rings. The summed E-state index contributed by atoms with van der Waals surface area (Å²) in [5.41, 5.74) is 3.26. The fourth-order valence-electron chi connectivity index (χ4n) is 5.32. The fourth-order valence-corrected chi connectivity index (χ4v) is 6.25. The van der Waals surface area contributed by atoms with Crippen molar-refractivity contribution < 1.29 is 23.5 Å². The molecule has 3 heterocycles. The zero-order chi connectivity index (χ0) is 26.6. The normalized spacial score (nSPS) is 18.8. The molecule has 0 N–H and O–H groups in total. The first kappa shape index (κ1) is 26.4. The molecule has 3 aromatic rings. The zero-order valence-electron chi connectivity index (χ0n) is 21.8. The SMILES string of the molecule is Cc1ccc(OC[C@@H]2c3ccsc3CCN2C(=O)CN(C[C@@H]2CCCO2)C(=O)c2ccccc2F)c(C)c1. The van der Waals surface area contributed by atoms with Crippen molar-refractivity contribution in [3.63, 3.8) is 0 Å². The van der Waals surface area contributed by atoms with Crippen LogP contribution < -0.4 is 4.74 Å². The molecule has 0 aliphatic carbocycles. The summed E-state index contributed by atoms with van der Waals surface area (Å²) in [6.07, 6.45) is 2.31. The van der Waals surface area contributed by atoms with E-state index in [9.17, 15) is 14.0 Å². The van der Waals surface area contributed by atoms with Crippen LogP contribution in [-0.4, -0.2) is 60.6 Å². The number of halogens is 1. The maximum Gasteiger partial charge on any atom is 0.257 e. The minimum atomic E-state index is -0.595. The standard InChI is InChI=1S/C30H33FN2O4S/c1-20-9-10-27(21(2)16-20)37-19-26-24-12-15-38-28(24)11-13-33(26)29(34)18-32(17-22-6-5-14-36-22)30(35)23-7-3-4-8-25(23)31/h3-4,7-10,12,15-16,22,26H,5-6,11,13-14,17-19H2,1-2H3/t22-,26+/m0/s1. The molecule has 6 nitrogen and oxygen atoms in total. The third kappa shape index (κ3) is 5.76. The van der Waals surface area contributed by atoms with Crippen molar-refractivity contribution >= 4 is 23.2 Å². The molecule has 38 heavy (non-hydrogen) atoms. The summed E-state index contributed by atoms with van der Waals surface area (Å²) in [4.78, 5) is 31.7. The summed E-state index contributed by atoms with van der Waals surface area (Å²) in [5.74, 6) is -0.481.